The first-order chi connectivity index (χ1) is 10.2. The number of unbranched alkanes of at least 4 members (excludes halogenated alkanes) is 10. The molecule has 21 heavy (non-hydrogen) atoms. The molecule has 0 saturated carbocycles. The zero-order chi connectivity index (χ0) is 15.8. The maximum absolute atomic E-state index is 10.9. The number of carbonyl (C=O) groups excluding carboxylic acids is 1. The number of hydrogen-bond donors (Lipinski definition) is 1. The second kappa shape index (κ2) is 16.2. The Labute approximate surface area is 137 Å². The molecule has 0 aliphatic rings. The Morgan fingerprint density at radius 1 is 0.857 bits per heavy atom. The summed E-state index contributed by atoms with van der Waals surface area (Å²) >= 11 is 4.23. The lowest BCUT2D eigenvalue weighted by molar-refractivity contribution is -0.146. The zero-order valence-corrected chi connectivity index (χ0v) is 15.1. The van der Waals surface area contributed by atoms with Gasteiger partial charge in [0.2, 0.25) is 0 Å². The number of thiol groups is 1. The Hall–Kier alpha value is -0.180. The van der Waals surface area contributed by atoms with Crippen LogP contribution in [0.2, 0.25) is 0 Å². The van der Waals surface area contributed by atoms with E-state index in [1.807, 2.05) is 0 Å². The van der Waals surface area contributed by atoms with E-state index in [0.717, 1.165) is 18.6 Å². The van der Waals surface area contributed by atoms with Gasteiger partial charge in [-0.2, -0.15) is 12.6 Å². The van der Waals surface area contributed by atoms with E-state index >= 15 is 0 Å². The maximum atomic E-state index is 10.9. The smallest absolute Gasteiger partial charge is 0.302 e. The van der Waals surface area contributed by atoms with Crippen molar-refractivity contribution < 1.29 is 9.53 Å². The second-order valence-electron chi connectivity index (χ2n) is 6.04. The van der Waals surface area contributed by atoms with Crippen molar-refractivity contribution in [3.8, 4) is 0 Å². The van der Waals surface area contributed by atoms with Crippen molar-refractivity contribution in [3.05, 3.63) is 0 Å². The Morgan fingerprint density at radius 3 is 1.67 bits per heavy atom. The standard InChI is InChI=1S/C18H36O2S/c1-3-18(20-17(2)19)15-13-11-9-7-5-4-6-8-10-12-14-16-21/h18,21H,3-16H2,1-2H3. The molecule has 0 N–H and O–H groups in total. The van der Waals surface area contributed by atoms with Gasteiger partial charge in [0.15, 0.2) is 0 Å². The molecule has 0 spiro atoms. The van der Waals surface area contributed by atoms with Crippen molar-refractivity contribution in [2.45, 2.75) is 103 Å². The summed E-state index contributed by atoms with van der Waals surface area (Å²) in [7, 11) is 0. The highest BCUT2D eigenvalue weighted by atomic mass is 32.1. The molecule has 0 aromatic heterocycles. The van der Waals surface area contributed by atoms with Gasteiger partial charge < -0.3 is 4.74 Å². The van der Waals surface area contributed by atoms with E-state index in [2.05, 4.69) is 19.6 Å². The molecule has 0 radical (unpaired) electrons. The minimum absolute atomic E-state index is 0.139. The summed E-state index contributed by atoms with van der Waals surface area (Å²) in [6.07, 6.45) is 16.8. The summed E-state index contributed by atoms with van der Waals surface area (Å²) in [5, 5.41) is 0. The van der Waals surface area contributed by atoms with Crippen LogP contribution in [0.15, 0.2) is 0 Å². The van der Waals surface area contributed by atoms with Crippen LogP contribution in [0.3, 0.4) is 0 Å². The SMILES string of the molecule is CCC(CCCCCCCCCCCCCS)OC(C)=O. The molecule has 0 heterocycles. The topological polar surface area (TPSA) is 26.3 Å². The number of hydrogen-bond acceptors (Lipinski definition) is 3. The Kier molecular flexibility index (Phi) is 16.1. The van der Waals surface area contributed by atoms with Gasteiger partial charge in [-0.25, -0.2) is 0 Å². The van der Waals surface area contributed by atoms with E-state index in [1.54, 1.807) is 0 Å². The predicted octanol–water partition coefficient (Wildman–Crippen LogP) is 5.94. The van der Waals surface area contributed by atoms with Crippen molar-refractivity contribution in [1.29, 1.82) is 0 Å². The first kappa shape index (κ1) is 20.8. The lowest BCUT2D eigenvalue weighted by atomic mass is 10.0. The molecule has 126 valence electrons. The number of ether oxygens (including phenoxy) is 1. The van der Waals surface area contributed by atoms with E-state index in [0.29, 0.717) is 0 Å². The van der Waals surface area contributed by atoms with Gasteiger partial charge in [0.1, 0.15) is 6.10 Å². The van der Waals surface area contributed by atoms with Crippen LogP contribution in [-0.4, -0.2) is 17.8 Å². The molecule has 2 nitrogen and oxygen atoms in total. The highest BCUT2D eigenvalue weighted by molar-refractivity contribution is 7.80. The fraction of sp³-hybridized carbons (Fsp3) is 0.944. The van der Waals surface area contributed by atoms with Gasteiger partial charge in [-0.3, -0.25) is 4.79 Å². The summed E-state index contributed by atoms with van der Waals surface area (Å²) in [4.78, 5) is 10.9. The molecular formula is C18H36O2S. The first-order valence-electron chi connectivity index (χ1n) is 8.98. The Morgan fingerprint density at radius 2 is 1.29 bits per heavy atom. The fourth-order valence-electron chi connectivity index (χ4n) is 2.66. The normalized spacial score (nSPS) is 12.3. The molecule has 0 amide bonds. The van der Waals surface area contributed by atoms with Gasteiger partial charge in [-0.1, -0.05) is 64.7 Å². The van der Waals surface area contributed by atoms with Crippen LogP contribution in [0.5, 0.6) is 0 Å². The third kappa shape index (κ3) is 16.0. The molecule has 1 unspecified atom stereocenters. The molecule has 0 bridgehead atoms. The fourth-order valence-corrected chi connectivity index (χ4v) is 2.88. The van der Waals surface area contributed by atoms with Gasteiger partial charge in [-0.15, -0.1) is 0 Å². The molecule has 0 aliphatic carbocycles. The van der Waals surface area contributed by atoms with Crippen LogP contribution in [0.1, 0.15) is 97.3 Å². The van der Waals surface area contributed by atoms with E-state index in [1.165, 1.54) is 77.6 Å². The van der Waals surface area contributed by atoms with Gasteiger partial charge >= 0.3 is 5.97 Å². The van der Waals surface area contributed by atoms with Crippen molar-refractivity contribution >= 4 is 18.6 Å². The Balaban J connectivity index is 3.19. The average molecular weight is 317 g/mol. The van der Waals surface area contributed by atoms with E-state index in [4.69, 9.17) is 4.74 Å². The number of esters is 1. The van der Waals surface area contributed by atoms with Crippen LogP contribution in [-0.2, 0) is 9.53 Å². The summed E-state index contributed by atoms with van der Waals surface area (Å²) in [5.41, 5.74) is 0. The summed E-state index contributed by atoms with van der Waals surface area (Å²) in [6.45, 7) is 3.59. The molecular weight excluding hydrogens is 280 g/mol. The van der Waals surface area contributed by atoms with Crippen molar-refractivity contribution in [2.75, 3.05) is 5.75 Å². The molecule has 0 saturated heterocycles. The van der Waals surface area contributed by atoms with Crippen LogP contribution < -0.4 is 0 Å². The maximum Gasteiger partial charge on any atom is 0.302 e. The van der Waals surface area contributed by atoms with E-state index < -0.39 is 0 Å². The molecule has 0 aromatic rings. The minimum Gasteiger partial charge on any atom is -0.463 e. The molecule has 1 atom stereocenters. The van der Waals surface area contributed by atoms with Crippen molar-refractivity contribution in [2.24, 2.45) is 0 Å². The van der Waals surface area contributed by atoms with Crippen LogP contribution in [0.4, 0.5) is 0 Å². The van der Waals surface area contributed by atoms with Crippen molar-refractivity contribution in [1.82, 2.24) is 0 Å². The Bertz CT molecular complexity index is 231. The van der Waals surface area contributed by atoms with Gasteiger partial charge in [0.25, 0.3) is 0 Å². The molecule has 0 aliphatic heterocycles. The first-order valence-corrected chi connectivity index (χ1v) is 9.62. The largest absolute Gasteiger partial charge is 0.463 e. The summed E-state index contributed by atoms with van der Waals surface area (Å²) in [6, 6.07) is 0. The van der Waals surface area contributed by atoms with Crippen LogP contribution >= 0.6 is 12.6 Å². The molecule has 0 fully saturated rings. The lowest BCUT2D eigenvalue weighted by Crippen LogP contribution is -2.14. The minimum atomic E-state index is -0.142. The van der Waals surface area contributed by atoms with Crippen molar-refractivity contribution in [3.63, 3.8) is 0 Å². The molecule has 0 aromatic carbocycles. The second-order valence-corrected chi connectivity index (χ2v) is 6.49. The summed E-state index contributed by atoms with van der Waals surface area (Å²) < 4.78 is 5.26. The average Bonchev–Trinajstić information content (AvgIpc) is 2.46. The highest BCUT2D eigenvalue weighted by Crippen LogP contribution is 2.14. The van der Waals surface area contributed by atoms with Gasteiger partial charge in [0, 0.05) is 6.92 Å². The van der Waals surface area contributed by atoms with Gasteiger partial charge in [-0.05, 0) is 31.4 Å². The summed E-state index contributed by atoms with van der Waals surface area (Å²) in [5.74, 6) is 0.896. The molecule has 0 rings (SSSR count). The highest BCUT2D eigenvalue weighted by Gasteiger charge is 2.08. The van der Waals surface area contributed by atoms with Gasteiger partial charge in [0.05, 0.1) is 0 Å². The van der Waals surface area contributed by atoms with Crippen LogP contribution in [0.25, 0.3) is 0 Å². The zero-order valence-electron chi connectivity index (χ0n) is 14.2. The molecule has 3 heteroatoms. The quantitative estimate of drug-likeness (QED) is 0.230. The predicted molar refractivity (Wildman–Crippen MR) is 95.1 cm³/mol. The van der Waals surface area contributed by atoms with E-state index in [9.17, 15) is 4.79 Å². The number of rotatable bonds is 15. The lowest BCUT2D eigenvalue weighted by Gasteiger charge is -2.14. The third-order valence-electron chi connectivity index (χ3n) is 3.97. The van der Waals surface area contributed by atoms with Crippen LogP contribution in [0, 0.1) is 0 Å². The monoisotopic (exact) mass is 316 g/mol. The number of carbonyl (C=O) groups is 1. The third-order valence-corrected chi connectivity index (χ3v) is 4.29. The van der Waals surface area contributed by atoms with E-state index in [-0.39, 0.29) is 12.1 Å².